The van der Waals surface area contributed by atoms with Gasteiger partial charge in [0.15, 0.2) is 0 Å². The van der Waals surface area contributed by atoms with E-state index in [1.165, 1.54) is 0 Å². The van der Waals surface area contributed by atoms with Gasteiger partial charge in [-0.3, -0.25) is 4.79 Å². The van der Waals surface area contributed by atoms with Crippen LogP contribution >= 0.6 is 0 Å². The lowest BCUT2D eigenvalue weighted by molar-refractivity contribution is 0.152. The summed E-state index contributed by atoms with van der Waals surface area (Å²) < 4.78 is 4.57. The number of rotatable bonds is 5. The van der Waals surface area contributed by atoms with Crippen molar-refractivity contribution in [3.63, 3.8) is 0 Å². The zero-order valence-corrected chi connectivity index (χ0v) is 7.17. The monoisotopic (exact) mass is 155 g/mol. The lowest BCUT2D eigenvalue weighted by atomic mass is 10.2. The maximum absolute atomic E-state index is 10.1. The minimum Gasteiger partial charge on any atom is -0.473 e. The number of hydrogen-bond acceptors (Lipinski definition) is 3. The molecule has 0 atom stereocenters. The first-order chi connectivity index (χ1) is 5.20. The summed E-state index contributed by atoms with van der Waals surface area (Å²) >= 11 is 0. The maximum Gasteiger partial charge on any atom is 0.235 e. The number of carbonyl (C=O) groups excluding carboxylic acids is 1. The molecule has 0 aromatic heterocycles. The highest BCUT2D eigenvalue weighted by atomic mass is 16.5. The van der Waals surface area contributed by atoms with Gasteiger partial charge in [-0.05, 0) is 13.1 Å². The number of ether oxygens (including phenoxy) is 1. The summed E-state index contributed by atoms with van der Waals surface area (Å²) in [6.45, 7) is 7.21. The molecule has 0 amide bonds. The molecule has 0 N–H and O–H groups in total. The molecule has 0 bridgehead atoms. The molecule has 2 radical (unpaired) electrons. The van der Waals surface area contributed by atoms with Gasteiger partial charge in [-0.1, -0.05) is 13.8 Å². The quantitative estimate of drug-likeness (QED) is 0.545. The van der Waals surface area contributed by atoms with Crippen molar-refractivity contribution < 1.29 is 9.53 Å². The van der Waals surface area contributed by atoms with Crippen molar-refractivity contribution in [2.24, 2.45) is 0 Å². The van der Waals surface area contributed by atoms with Crippen LogP contribution in [0.2, 0.25) is 0 Å². The highest BCUT2D eigenvalue weighted by molar-refractivity contribution is 6.55. The second-order valence-corrected chi connectivity index (χ2v) is 2.19. The smallest absolute Gasteiger partial charge is 0.235 e. The van der Waals surface area contributed by atoms with Crippen LogP contribution in [-0.2, 0) is 4.74 Å². The molecule has 0 aliphatic heterocycles. The average molecular weight is 155 g/mol. The molecule has 0 aromatic rings. The number of likely N-dealkylation sites (N-methyl/N-ethyl adjacent to an activating group) is 1. The van der Waals surface area contributed by atoms with E-state index in [-0.39, 0.29) is 0 Å². The van der Waals surface area contributed by atoms with Gasteiger partial charge in [0.1, 0.15) is 6.61 Å². The summed E-state index contributed by atoms with van der Waals surface area (Å²) in [6, 6.07) is 0. The Morgan fingerprint density at radius 3 is 2.36 bits per heavy atom. The molecule has 0 heterocycles. The van der Waals surface area contributed by atoms with E-state index < -0.39 is 5.87 Å². The zero-order valence-electron chi connectivity index (χ0n) is 7.17. The summed E-state index contributed by atoms with van der Waals surface area (Å²) in [5.74, 6) is -0.697. The van der Waals surface area contributed by atoms with Crippen LogP contribution < -0.4 is 0 Å². The molecule has 3 nitrogen and oxygen atoms in total. The van der Waals surface area contributed by atoms with E-state index in [0.29, 0.717) is 6.61 Å². The Bertz CT molecular complexity index is 115. The Labute approximate surface area is 69.1 Å². The van der Waals surface area contributed by atoms with Crippen LogP contribution in [0.4, 0.5) is 4.79 Å². The van der Waals surface area contributed by atoms with Crippen LogP contribution in [0.5, 0.6) is 0 Å². The Kier molecular flexibility index (Phi) is 5.94. The third-order valence-corrected chi connectivity index (χ3v) is 1.55. The molecule has 4 heteroatoms. The van der Waals surface area contributed by atoms with E-state index in [2.05, 4.69) is 23.5 Å². The molecular weight excluding hydrogens is 141 g/mol. The van der Waals surface area contributed by atoms with Crippen molar-refractivity contribution in [2.75, 3.05) is 26.2 Å². The molecule has 0 saturated heterocycles. The standard InChI is InChI=1S/C7H14BNO2/c1-3-9(4-2)5-6-11-7(8)10/h3-6H2,1-2H3. The third kappa shape index (κ3) is 5.92. The maximum atomic E-state index is 10.1. The van der Waals surface area contributed by atoms with E-state index in [9.17, 15) is 4.79 Å². The van der Waals surface area contributed by atoms with Gasteiger partial charge in [-0.2, -0.15) is 0 Å². The van der Waals surface area contributed by atoms with E-state index in [0.717, 1.165) is 19.6 Å². The van der Waals surface area contributed by atoms with Crippen LogP contribution in [-0.4, -0.2) is 44.9 Å². The van der Waals surface area contributed by atoms with Crippen LogP contribution in [0.1, 0.15) is 13.8 Å². The van der Waals surface area contributed by atoms with Crippen molar-refractivity contribution in [3.05, 3.63) is 0 Å². The Morgan fingerprint density at radius 2 is 2.00 bits per heavy atom. The molecule has 62 valence electrons. The molecule has 0 aliphatic rings. The fraction of sp³-hybridized carbons (Fsp3) is 0.857. The summed E-state index contributed by atoms with van der Waals surface area (Å²) in [6.07, 6.45) is 0. The number of nitrogens with zero attached hydrogens (tertiary/aromatic N) is 1. The van der Waals surface area contributed by atoms with Crippen molar-refractivity contribution in [2.45, 2.75) is 13.8 Å². The van der Waals surface area contributed by atoms with Crippen molar-refractivity contribution >= 4 is 13.7 Å². The second kappa shape index (κ2) is 6.22. The summed E-state index contributed by atoms with van der Waals surface area (Å²) in [4.78, 5) is 12.3. The fourth-order valence-electron chi connectivity index (χ4n) is 0.815. The van der Waals surface area contributed by atoms with Crippen molar-refractivity contribution in [1.29, 1.82) is 0 Å². The zero-order chi connectivity index (χ0) is 8.69. The molecular formula is C7H14BNO2. The lowest BCUT2D eigenvalue weighted by Gasteiger charge is -2.17. The minimum atomic E-state index is -0.697. The Balaban J connectivity index is 3.28. The van der Waals surface area contributed by atoms with Crippen molar-refractivity contribution in [1.82, 2.24) is 4.90 Å². The third-order valence-electron chi connectivity index (χ3n) is 1.55. The fourth-order valence-corrected chi connectivity index (χ4v) is 0.815. The van der Waals surface area contributed by atoms with Crippen LogP contribution in [0.25, 0.3) is 0 Å². The summed E-state index contributed by atoms with van der Waals surface area (Å²) in [5.41, 5.74) is 0. The van der Waals surface area contributed by atoms with Gasteiger partial charge in [0, 0.05) is 6.54 Å². The Morgan fingerprint density at radius 1 is 1.45 bits per heavy atom. The minimum absolute atomic E-state index is 0.386. The molecule has 0 fully saturated rings. The van der Waals surface area contributed by atoms with Crippen LogP contribution in [0.3, 0.4) is 0 Å². The Hall–Kier alpha value is -0.505. The van der Waals surface area contributed by atoms with E-state index in [1.807, 2.05) is 0 Å². The van der Waals surface area contributed by atoms with Gasteiger partial charge in [-0.25, -0.2) is 0 Å². The highest BCUT2D eigenvalue weighted by Crippen LogP contribution is 1.86. The molecule has 0 aliphatic carbocycles. The predicted octanol–water partition coefficient (Wildman–Crippen LogP) is 0.633. The van der Waals surface area contributed by atoms with Crippen molar-refractivity contribution in [3.8, 4) is 0 Å². The molecule has 0 rings (SSSR count). The number of hydrogen-bond donors (Lipinski definition) is 0. The molecule has 0 aromatic carbocycles. The summed E-state index contributed by atoms with van der Waals surface area (Å²) in [7, 11) is 4.78. The van der Waals surface area contributed by atoms with Gasteiger partial charge in [0.2, 0.25) is 13.7 Å². The topological polar surface area (TPSA) is 29.5 Å². The lowest BCUT2D eigenvalue weighted by Crippen LogP contribution is -2.27. The summed E-state index contributed by atoms with van der Waals surface area (Å²) in [5, 5.41) is 0. The van der Waals surface area contributed by atoms with Gasteiger partial charge in [0.05, 0.1) is 0 Å². The SMILES string of the molecule is [B]C(=O)OCCN(CC)CC. The predicted molar refractivity (Wildman–Crippen MR) is 44.9 cm³/mol. The first-order valence-corrected chi connectivity index (χ1v) is 3.85. The van der Waals surface area contributed by atoms with Gasteiger partial charge in [0.25, 0.3) is 0 Å². The number of carbonyl (C=O) groups is 1. The van der Waals surface area contributed by atoms with Gasteiger partial charge >= 0.3 is 0 Å². The second-order valence-electron chi connectivity index (χ2n) is 2.19. The average Bonchev–Trinajstić information content (AvgIpc) is 1.98. The first-order valence-electron chi connectivity index (χ1n) is 3.85. The largest absolute Gasteiger partial charge is 0.473 e. The van der Waals surface area contributed by atoms with Crippen LogP contribution in [0.15, 0.2) is 0 Å². The van der Waals surface area contributed by atoms with E-state index >= 15 is 0 Å². The van der Waals surface area contributed by atoms with E-state index in [4.69, 9.17) is 7.85 Å². The molecule has 0 unspecified atom stereocenters. The van der Waals surface area contributed by atoms with Gasteiger partial charge < -0.3 is 9.64 Å². The first kappa shape index (κ1) is 10.5. The normalized spacial score (nSPS) is 10.1. The van der Waals surface area contributed by atoms with E-state index in [1.54, 1.807) is 0 Å². The van der Waals surface area contributed by atoms with Crippen LogP contribution in [0, 0.1) is 0 Å². The van der Waals surface area contributed by atoms with Gasteiger partial charge in [-0.15, -0.1) is 0 Å². The molecule has 0 spiro atoms. The molecule has 0 saturated carbocycles. The molecule has 11 heavy (non-hydrogen) atoms. The highest BCUT2D eigenvalue weighted by Gasteiger charge is 1.98.